The second kappa shape index (κ2) is 4.32. The van der Waals surface area contributed by atoms with Crippen molar-refractivity contribution in [2.45, 2.75) is 0 Å². The molecule has 0 aromatic heterocycles. The van der Waals surface area contributed by atoms with E-state index in [1.807, 2.05) is 6.07 Å². The zero-order valence-corrected chi connectivity index (χ0v) is 8.69. The molecule has 0 saturated carbocycles. The molecule has 0 bridgehead atoms. The first-order valence-electron chi connectivity index (χ1n) is 3.57. The van der Waals surface area contributed by atoms with Crippen molar-refractivity contribution >= 4 is 28.4 Å². The Hall–Kier alpha value is -1.24. The van der Waals surface area contributed by atoms with Crippen LogP contribution in [0.25, 0.3) is 0 Å². The maximum absolute atomic E-state index is 10.8. The molecule has 0 aliphatic rings. The van der Waals surface area contributed by atoms with E-state index in [2.05, 4.69) is 0 Å². The van der Waals surface area contributed by atoms with Crippen LogP contribution in [0, 0.1) is 11.3 Å². The minimum atomic E-state index is -0.661. The van der Waals surface area contributed by atoms with Crippen molar-refractivity contribution in [3.05, 3.63) is 28.3 Å². The van der Waals surface area contributed by atoms with E-state index in [1.165, 1.54) is 19.2 Å². The van der Waals surface area contributed by atoms with Gasteiger partial charge in [-0.15, -0.1) is 0 Å². The molecule has 5 heteroatoms. The van der Waals surface area contributed by atoms with E-state index >= 15 is 0 Å². The van der Waals surface area contributed by atoms with Gasteiger partial charge in [0.2, 0.25) is 0 Å². The molecule has 0 aliphatic heterocycles. The highest BCUT2D eigenvalue weighted by molar-refractivity contribution is 6.67. The van der Waals surface area contributed by atoms with Crippen molar-refractivity contribution in [1.82, 2.24) is 0 Å². The summed E-state index contributed by atoms with van der Waals surface area (Å²) < 4.78 is 4.89. The third-order valence-corrected chi connectivity index (χ3v) is 2.09. The van der Waals surface area contributed by atoms with Gasteiger partial charge in [-0.05, 0) is 23.7 Å². The fourth-order valence-corrected chi connectivity index (χ4v) is 1.40. The molecular formula is C9H5Cl2NO2. The highest BCUT2D eigenvalue weighted by atomic mass is 35.5. The standard InChI is InChI=1S/C9H5Cl2NO2/c1-14-8-6(4-12)2-5(9(11)13)3-7(8)10/h2-3H,1H3. The fraction of sp³-hybridized carbons (Fsp3) is 0.111. The number of hydrogen-bond acceptors (Lipinski definition) is 3. The summed E-state index contributed by atoms with van der Waals surface area (Å²) in [5.74, 6) is 0.246. The Morgan fingerprint density at radius 3 is 2.64 bits per heavy atom. The first-order chi connectivity index (χ1) is 6.60. The Kier molecular flexibility index (Phi) is 3.34. The van der Waals surface area contributed by atoms with E-state index in [9.17, 15) is 4.79 Å². The normalized spacial score (nSPS) is 9.29. The summed E-state index contributed by atoms with van der Waals surface area (Å²) in [5.41, 5.74) is 0.359. The zero-order chi connectivity index (χ0) is 10.7. The predicted octanol–water partition coefficient (Wildman–Crippen LogP) is 2.60. The summed E-state index contributed by atoms with van der Waals surface area (Å²) >= 11 is 11.0. The van der Waals surface area contributed by atoms with Crippen molar-refractivity contribution < 1.29 is 9.53 Å². The molecule has 0 radical (unpaired) electrons. The number of rotatable bonds is 2. The van der Waals surface area contributed by atoms with E-state index in [0.29, 0.717) is 0 Å². The number of benzene rings is 1. The molecule has 72 valence electrons. The Bertz CT molecular complexity index is 424. The molecule has 1 aromatic rings. The van der Waals surface area contributed by atoms with E-state index in [4.69, 9.17) is 33.2 Å². The Morgan fingerprint density at radius 2 is 2.21 bits per heavy atom. The lowest BCUT2D eigenvalue weighted by atomic mass is 10.1. The summed E-state index contributed by atoms with van der Waals surface area (Å²) in [6.45, 7) is 0. The molecule has 0 atom stereocenters. The van der Waals surface area contributed by atoms with Crippen LogP contribution in [0.4, 0.5) is 0 Å². The van der Waals surface area contributed by atoms with Crippen molar-refractivity contribution in [3.63, 3.8) is 0 Å². The van der Waals surface area contributed by atoms with Gasteiger partial charge in [0.1, 0.15) is 6.07 Å². The van der Waals surface area contributed by atoms with Gasteiger partial charge in [0.05, 0.1) is 17.7 Å². The Labute approximate surface area is 90.8 Å². The monoisotopic (exact) mass is 229 g/mol. The van der Waals surface area contributed by atoms with Gasteiger partial charge in [-0.1, -0.05) is 11.6 Å². The van der Waals surface area contributed by atoms with E-state index in [1.54, 1.807) is 0 Å². The highest BCUT2D eigenvalue weighted by Gasteiger charge is 2.12. The van der Waals surface area contributed by atoms with Gasteiger partial charge in [0.25, 0.3) is 5.24 Å². The van der Waals surface area contributed by atoms with Gasteiger partial charge >= 0.3 is 0 Å². The minimum absolute atomic E-state index is 0.175. The van der Waals surface area contributed by atoms with E-state index in [0.717, 1.165) is 0 Å². The fourth-order valence-electron chi connectivity index (χ4n) is 0.997. The van der Waals surface area contributed by atoms with Crippen LogP contribution in [-0.2, 0) is 0 Å². The molecule has 0 fully saturated rings. The lowest BCUT2D eigenvalue weighted by Crippen LogP contribution is -1.94. The van der Waals surface area contributed by atoms with Gasteiger partial charge in [0, 0.05) is 5.56 Å². The third-order valence-electron chi connectivity index (χ3n) is 1.60. The van der Waals surface area contributed by atoms with Crippen LogP contribution in [0.15, 0.2) is 12.1 Å². The zero-order valence-electron chi connectivity index (χ0n) is 7.17. The number of halogens is 2. The SMILES string of the molecule is COc1c(Cl)cc(C(=O)Cl)cc1C#N. The number of hydrogen-bond donors (Lipinski definition) is 0. The van der Waals surface area contributed by atoms with Crippen LogP contribution in [-0.4, -0.2) is 12.4 Å². The van der Waals surface area contributed by atoms with Crippen LogP contribution in [0.2, 0.25) is 5.02 Å². The van der Waals surface area contributed by atoms with Crippen LogP contribution >= 0.6 is 23.2 Å². The van der Waals surface area contributed by atoms with Crippen LogP contribution in [0.5, 0.6) is 5.75 Å². The smallest absolute Gasteiger partial charge is 0.252 e. The molecule has 0 N–H and O–H groups in total. The average Bonchev–Trinajstić information content (AvgIpc) is 2.16. The molecular weight excluding hydrogens is 225 g/mol. The second-order valence-corrected chi connectivity index (χ2v) is 3.17. The minimum Gasteiger partial charge on any atom is -0.494 e. The molecule has 3 nitrogen and oxygen atoms in total. The van der Waals surface area contributed by atoms with Gasteiger partial charge in [-0.3, -0.25) is 4.79 Å². The Morgan fingerprint density at radius 1 is 1.57 bits per heavy atom. The van der Waals surface area contributed by atoms with Crippen molar-refractivity contribution in [2.75, 3.05) is 7.11 Å². The average molecular weight is 230 g/mol. The first kappa shape index (κ1) is 10.8. The summed E-state index contributed by atoms with van der Waals surface area (Å²) in [5, 5.41) is 8.27. The molecule has 14 heavy (non-hydrogen) atoms. The largest absolute Gasteiger partial charge is 0.494 e. The summed E-state index contributed by atoms with van der Waals surface area (Å²) in [6, 6.07) is 4.55. The molecule has 1 aromatic carbocycles. The molecule has 1 rings (SSSR count). The molecule has 0 aliphatic carbocycles. The lowest BCUT2D eigenvalue weighted by molar-refractivity contribution is 0.108. The van der Waals surface area contributed by atoms with Crippen LogP contribution in [0.1, 0.15) is 15.9 Å². The summed E-state index contributed by atoms with van der Waals surface area (Å²) in [4.78, 5) is 10.8. The van der Waals surface area contributed by atoms with Gasteiger partial charge < -0.3 is 4.74 Å². The van der Waals surface area contributed by atoms with Gasteiger partial charge in [-0.25, -0.2) is 0 Å². The third kappa shape index (κ3) is 1.98. The van der Waals surface area contributed by atoms with Crippen molar-refractivity contribution in [1.29, 1.82) is 5.26 Å². The number of nitriles is 1. The molecule has 0 spiro atoms. The van der Waals surface area contributed by atoms with Crippen LogP contribution < -0.4 is 4.74 Å². The summed E-state index contributed by atoms with van der Waals surface area (Å²) in [7, 11) is 1.39. The van der Waals surface area contributed by atoms with Crippen LogP contribution in [0.3, 0.4) is 0 Å². The Balaban J connectivity index is 3.41. The number of carbonyl (C=O) groups excluding carboxylic acids is 1. The number of nitrogens with zero attached hydrogens (tertiary/aromatic N) is 1. The number of carbonyl (C=O) groups is 1. The van der Waals surface area contributed by atoms with Gasteiger partial charge in [-0.2, -0.15) is 5.26 Å². The van der Waals surface area contributed by atoms with Crippen molar-refractivity contribution in [3.8, 4) is 11.8 Å². The topological polar surface area (TPSA) is 50.1 Å². The van der Waals surface area contributed by atoms with Crippen molar-refractivity contribution in [2.24, 2.45) is 0 Å². The molecule has 0 saturated heterocycles. The predicted molar refractivity (Wildman–Crippen MR) is 52.9 cm³/mol. The highest BCUT2D eigenvalue weighted by Crippen LogP contribution is 2.30. The molecule has 0 heterocycles. The second-order valence-electron chi connectivity index (χ2n) is 2.42. The number of methoxy groups -OCH3 is 1. The number of ether oxygens (including phenoxy) is 1. The first-order valence-corrected chi connectivity index (χ1v) is 4.33. The van der Waals surface area contributed by atoms with E-state index < -0.39 is 5.24 Å². The molecule has 0 amide bonds. The maximum Gasteiger partial charge on any atom is 0.252 e. The van der Waals surface area contributed by atoms with Gasteiger partial charge in [0.15, 0.2) is 5.75 Å². The van der Waals surface area contributed by atoms with E-state index in [-0.39, 0.29) is 21.9 Å². The quantitative estimate of drug-likeness (QED) is 0.733. The maximum atomic E-state index is 10.8. The lowest BCUT2D eigenvalue weighted by Gasteiger charge is -2.05. The summed E-state index contributed by atoms with van der Waals surface area (Å²) in [6.07, 6.45) is 0. The molecule has 0 unspecified atom stereocenters.